The molecule has 0 aliphatic rings. The molecule has 6 heteroatoms. The van der Waals surface area contributed by atoms with Crippen molar-refractivity contribution >= 4 is 12.2 Å². The standard InChI is InChI=1S/C12H17N3O3/c1-8(2)18-10-5-4-9(6-11(10)17-3)7-14-15-12(13)16/h4-8H,1-3H3,(H3,13,15,16). The molecule has 0 aliphatic carbocycles. The van der Waals surface area contributed by atoms with Crippen LogP contribution in [0.5, 0.6) is 11.5 Å². The summed E-state index contributed by atoms with van der Waals surface area (Å²) in [7, 11) is 1.56. The number of amides is 2. The minimum absolute atomic E-state index is 0.0648. The van der Waals surface area contributed by atoms with Crippen molar-refractivity contribution in [3.8, 4) is 11.5 Å². The lowest BCUT2D eigenvalue weighted by Crippen LogP contribution is -2.24. The molecule has 1 aromatic carbocycles. The van der Waals surface area contributed by atoms with E-state index in [2.05, 4.69) is 10.5 Å². The van der Waals surface area contributed by atoms with Gasteiger partial charge in [0.2, 0.25) is 0 Å². The van der Waals surface area contributed by atoms with Crippen LogP contribution in [0.1, 0.15) is 19.4 Å². The molecule has 1 rings (SSSR count). The van der Waals surface area contributed by atoms with Crippen LogP contribution >= 0.6 is 0 Å². The Morgan fingerprint density at radius 1 is 1.44 bits per heavy atom. The van der Waals surface area contributed by atoms with Crippen molar-refractivity contribution in [2.45, 2.75) is 20.0 Å². The van der Waals surface area contributed by atoms with Crippen molar-refractivity contribution in [3.63, 3.8) is 0 Å². The first kappa shape index (κ1) is 13.8. The Morgan fingerprint density at radius 2 is 2.17 bits per heavy atom. The van der Waals surface area contributed by atoms with E-state index >= 15 is 0 Å². The van der Waals surface area contributed by atoms with Crippen LogP contribution in [0.4, 0.5) is 4.79 Å². The van der Waals surface area contributed by atoms with E-state index in [9.17, 15) is 4.79 Å². The number of hydrogen-bond donors (Lipinski definition) is 2. The predicted octanol–water partition coefficient (Wildman–Crippen LogP) is 1.48. The molecule has 0 radical (unpaired) electrons. The van der Waals surface area contributed by atoms with E-state index in [1.54, 1.807) is 25.3 Å². The van der Waals surface area contributed by atoms with E-state index in [4.69, 9.17) is 15.2 Å². The van der Waals surface area contributed by atoms with Gasteiger partial charge in [0.05, 0.1) is 19.4 Å². The highest BCUT2D eigenvalue weighted by Gasteiger charge is 2.06. The monoisotopic (exact) mass is 251 g/mol. The molecule has 98 valence electrons. The second-order valence-electron chi connectivity index (χ2n) is 3.81. The second-order valence-corrected chi connectivity index (χ2v) is 3.81. The SMILES string of the molecule is COc1cc(C=NNC(N)=O)ccc1OC(C)C. The number of primary amides is 1. The maximum absolute atomic E-state index is 10.4. The first-order valence-electron chi connectivity index (χ1n) is 5.46. The highest BCUT2D eigenvalue weighted by molar-refractivity contribution is 5.82. The summed E-state index contributed by atoms with van der Waals surface area (Å²) >= 11 is 0. The van der Waals surface area contributed by atoms with Gasteiger partial charge < -0.3 is 15.2 Å². The highest BCUT2D eigenvalue weighted by Crippen LogP contribution is 2.28. The Morgan fingerprint density at radius 3 is 2.72 bits per heavy atom. The smallest absolute Gasteiger partial charge is 0.332 e. The largest absolute Gasteiger partial charge is 0.493 e. The zero-order valence-corrected chi connectivity index (χ0v) is 10.6. The van der Waals surface area contributed by atoms with Crippen molar-refractivity contribution in [3.05, 3.63) is 23.8 Å². The van der Waals surface area contributed by atoms with Gasteiger partial charge in [-0.1, -0.05) is 0 Å². The zero-order valence-electron chi connectivity index (χ0n) is 10.6. The van der Waals surface area contributed by atoms with Crippen LogP contribution in [0, 0.1) is 0 Å². The van der Waals surface area contributed by atoms with Crippen molar-refractivity contribution < 1.29 is 14.3 Å². The molecule has 0 bridgehead atoms. The molecule has 0 unspecified atom stereocenters. The first-order chi connectivity index (χ1) is 8.52. The summed E-state index contributed by atoms with van der Waals surface area (Å²) in [5.41, 5.74) is 7.76. The number of urea groups is 1. The number of rotatable bonds is 5. The maximum Gasteiger partial charge on any atom is 0.332 e. The molecule has 0 saturated heterocycles. The number of carbonyl (C=O) groups is 1. The lowest BCUT2D eigenvalue weighted by molar-refractivity contribution is 0.230. The number of benzene rings is 1. The Bertz CT molecular complexity index is 444. The van der Waals surface area contributed by atoms with Gasteiger partial charge >= 0.3 is 6.03 Å². The molecule has 6 nitrogen and oxygen atoms in total. The minimum Gasteiger partial charge on any atom is -0.493 e. The predicted molar refractivity (Wildman–Crippen MR) is 69.1 cm³/mol. The van der Waals surface area contributed by atoms with Gasteiger partial charge in [-0.25, -0.2) is 10.2 Å². The number of nitrogens with zero attached hydrogens (tertiary/aromatic N) is 1. The third-order valence-electron chi connectivity index (χ3n) is 1.94. The van der Waals surface area contributed by atoms with E-state index in [-0.39, 0.29) is 6.10 Å². The van der Waals surface area contributed by atoms with Gasteiger partial charge in [0.15, 0.2) is 11.5 Å². The van der Waals surface area contributed by atoms with Crippen LogP contribution in [-0.2, 0) is 0 Å². The summed E-state index contributed by atoms with van der Waals surface area (Å²) < 4.78 is 10.8. The van der Waals surface area contributed by atoms with Crippen molar-refractivity contribution in [1.29, 1.82) is 0 Å². The van der Waals surface area contributed by atoms with Crippen LogP contribution in [0.15, 0.2) is 23.3 Å². The van der Waals surface area contributed by atoms with Gasteiger partial charge in [-0.2, -0.15) is 5.10 Å². The topological polar surface area (TPSA) is 85.9 Å². The Kier molecular flexibility index (Phi) is 4.98. The third-order valence-corrected chi connectivity index (χ3v) is 1.94. The molecule has 1 aromatic rings. The van der Waals surface area contributed by atoms with Crippen LogP contribution in [0.2, 0.25) is 0 Å². The molecule has 18 heavy (non-hydrogen) atoms. The van der Waals surface area contributed by atoms with E-state index in [1.165, 1.54) is 6.21 Å². The Balaban J connectivity index is 2.84. The Labute approximate surface area is 106 Å². The summed E-state index contributed by atoms with van der Waals surface area (Å²) in [6.07, 6.45) is 1.53. The number of ether oxygens (including phenoxy) is 2. The highest BCUT2D eigenvalue weighted by atomic mass is 16.5. The number of carbonyl (C=O) groups excluding carboxylic acids is 1. The van der Waals surface area contributed by atoms with Gasteiger partial charge in [-0.3, -0.25) is 0 Å². The van der Waals surface area contributed by atoms with Gasteiger partial charge in [0.25, 0.3) is 0 Å². The molecule has 2 amide bonds. The van der Waals surface area contributed by atoms with Crippen LogP contribution in [0.3, 0.4) is 0 Å². The zero-order chi connectivity index (χ0) is 13.5. The van der Waals surface area contributed by atoms with Gasteiger partial charge in [0.1, 0.15) is 0 Å². The summed E-state index contributed by atoms with van der Waals surface area (Å²) in [6, 6.07) is 4.62. The number of nitrogens with two attached hydrogens (primary N) is 1. The van der Waals surface area contributed by atoms with Gasteiger partial charge in [-0.05, 0) is 37.6 Å². The van der Waals surface area contributed by atoms with Gasteiger partial charge in [0, 0.05) is 0 Å². The number of hydrogen-bond acceptors (Lipinski definition) is 4. The second kappa shape index (κ2) is 6.48. The summed E-state index contributed by atoms with van der Waals surface area (Å²) in [4.78, 5) is 10.4. The lowest BCUT2D eigenvalue weighted by Gasteiger charge is -2.13. The fraction of sp³-hybridized carbons (Fsp3) is 0.333. The molecule has 0 atom stereocenters. The van der Waals surface area contributed by atoms with Crippen molar-refractivity contribution in [2.75, 3.05) is 7.11 Å². The third kappa shape index (κ3) is 4.32. The fourth-order valence-corrected chi connectivity index (χ4v) is 1.29. The molecular formula is C12H17N3O3. The molecule has 0 aromatic heterocycles. The number of hydrazone groups is 1. The first-order valence-corrected chi connectivity index (χ1v) is 5.46. The average molecular weight is 251 g/mol. The Hall–Kier alpha value is -2.24. The molecule has 0 fully saturated rings. The van der Waals surface area contributed by atoms with Crippen LogP contribution in [0.25, 0.3) is 0 Å². The van der Waals surface area contributed by atoms with Crippen molar-refractivity contribution in [1.82, 2.24) is 5.43 Å². The summed E-state index contributed by atoms with van der Waals surface area (Å²) in [5.74, 6) is 1.26. The minimum atomic E-state index is -0.710. The molecule has 0 aliphatic heterocycles. The number of nitrogens with one attached hydrogen (secondary N) is 1. The average Bonchev–Trinajstić information content (AvgIpc) is 2.29. The van der Waals surface area contributed by atoms with E-state index in [0.29, 0.717) is 11.5 Å². The summed E-state index contributed by atoms with van der Waals surface area (Å²) in [5, 5.41) is 3.66. The van der Waals surface area contributed by atoms with Gasteiger partial charge in [-0.15, -0.1) is 0 Å². The maximum atomic E-state index is 10.4. The quantitative estimate of drug-likeness (QED) is 0.614. The molecule has 0 spiro atoms. The number of methoxy groups -OCH3 is 1. The molecule has 3 N–H and O–H groups in total. The van der Waals surface area contributed by atoms with E-state index in [1.807, 2.05) is 13.8 Å². The van der Waals surface area contributed by atoms with E-state index < -0.39 is 6.03 Å². The summed E-state index contributed by atoms with van der Waals surface area (Å²) in [6.45, 7) is 3.87. The fourth-order valence-electron chi connectivity index (χ4n) is 1.29. The normalized spacial score (nSPS) is 10.7. The van der Waals surface area contributed by atoms with Crippen molar-refractivity contribution in [2.24, 2.45) is 10.8 Å². The van der Waals surface area contributed by atoms with Crippen LogP contribution < -0.4 is 20.6 Å². The van der Waals surface area contributed by atoms with E-state index in [0.717, 1.165) is 5.56 Å². The lowest BCUT2D eigenvalue weighted by atomic mass is 10.2. The van der Waals surface area contributed by atoms with Crippen LogP contribution in [-0.4, -0.2) is 25.5 Å². The molecule has 0 heterocycles. The molecular weight excluding hydrogens is 234 g/mol. The molecule has 0 saturated carbocycles.